The van der Waals surface area contributed by atoms with E-state index in [-0.39, 0.29) is 56.5 Å². The van der Waals surface area contributed by atoms with Crippen molar-refractivity contribution in [1.82, 2.24) is 20.5 Å². The average molecular weight is 453 g/mol. The number of H-pyrrole nitrogens is 1. The first-order valence-corrected chi connectivity index (χ1v) is 10.0. The molecule has 3 N–H and O–H groups in total. The highest BCUT2D eigenvalue weighted by Gasteiger charge is 2.32. The molecule has 0 unspecified atom stereocenters. The summed E-state index contributed by atoms with van der Waals surface area (Å²) in [6.07, 6.45) is 0.268. The Morgan fingerprint density at radius 3 is 2.69 bits per heavy atom. The quantitative estimate of drug-likeness (QED) is 0.506. The topological polar surface area (TPSA) is 130 Å². The smallest absolute Gasteiger partial charge is 0.414 e. The number of aromatic nitrogens is 3. The molecule has 1 saturated heterocycles. The number of cyclic esters (lactones) is 1. The van der Waals surface area contributed by atoms with Crippen molar-refractivity contribution in [2.24, 2.45) is 5.73 Å². The van der Waals surface area contributed by atoms with Crippen molar-refractivity contribution < 1.29 is 27.9 Å². The third-order valence-electron chi connectivity index (χ3n) is 4.95. The average Bonchev–Trinajstić information content (AvgIpc) is 3.40. The minimum atomic E-state index is -0.832. The largest absolute Gasteiger partial charge is 0.443 e. The monoisotopic (exact) mass is 453 g/mol. The molecule has 2 heterocycles. The van der Waals surface area contributed by atoms with Crippen LogP contribution >= 0.6 is 0 Å². The summed E-state index contributed by atoms with van der Waals surface area (Å²) >= 11 is 0. The number of carbonyl (C=O) groups is 2. The van der Waals surface area contributed by atoms with Gasteiger partial charge in [-0.1, -0.05) is 5.21 Å². The molecule has 1 atom stereocenters. The van der Waals surface area contributed by atoms with Gasteiger partial charge in [0.1, 0.15) is 11.8 Å². The third kappa shape index (κ3) is 5.29. The van der Waals surface area contributed by atoms with E-state index in [4.69, 9.17) is 15.3 Å². The molecule has 0 saturated carbocycles. The van der Waals surface area contributed by atoms with Crippen molar-refractivity contribution in [3.8, 4) is 0 Å². The second-order valence-electron chi connectivity index (χ2n) is 7.06. The van der Waals surface area contributed by atoms with Crippen molar-refractivity contribution >= 4 is 23.4 Å². The zero-order valence-corrected chi connectivity index (χ0v) is 17.8. The molecule has 2 amide bonds. The summed E-state index contributed by atoms with van der Waals surface area (Å²) in [7, 11) is 1.44. The summed E-state index contributed by atoms with van der Waals surface area (Å²) < 4.78 is 34.7. The fourth-order valence-electron chi connectivity index (χ4n) is 3.23. The summed E-state index contributed by atoms with van der Waals surface area (Å²) in [6.45, 7) is 2.38. The Morgan fingerprint density at radius 1 is 1.41 bits per heavy atom. The fraction of sp³-hybridized carbons (Fsp3) is 0.474. The van der Waals surface area contributed by atoms with Crippen molar-refractivity contribution in [3.63, 3.8) is 0 Å². The molecule has 13 heteroatoms. The van der Waals surface area contributed by atoms with Crippen LogP contribution in [0.4, 0.5) is 25.0 Å². The van der Waals surface area contributed by atoms with Crippen molar-refractivity contribution in [1.29, 1.82) is 0 Å². The Balaban J connectivity index is 1.61. The van der Waals surface area contributed by atoms with E-state index in [2.05, 4.69) is 15.4 Å². The van der Waals surface area contributed by atoms with Crippen molar-refractivity contribution in [2.45, 2.75) is 19.4 Å². The zero-order chi connectivity index (χ0) is 23.3. The summed E-state index contributed by atoms with van der Waals surface area (Å²) in [5.41, 5.74) is 5.76. The van der Waals surface area contributed by atoms with Gasteiger partial charge in [0, 0.05) is 45.0 Å². The van der Waals surface area contributed by atoms with E-state index >= 15 is 0 Å². The number of likely N-dealkylation sites (N-methyl/N-ethyl adjacent to an activating group) is 2. The van der Waals surface area contributed by atoms with Gasteiger partial charge in [-0.15, -0.1) is 5.10 Å². The number of amides is 2. The number of anilines is 2. The van der Waals surface area contributed by atoms with E-state index in [1.165, 1.54) is 18.1 Å². The number of ether oxygens (including phenoxy) is 1. The second-order valence-corrected chi connectivity index (χ2v) is 7.06. The SMILES string of the molecule is CCN(CCON(C)C(=O)Cc1c[nH]nn1)c1c(F)cc(N2C[C@H](CN)OC2=O)cc1F. The van der Waals surface area contributed by atoms with Gasteiger partial charge in [-0.3, -0.25) is 19.6 Å². The number of nitrogens with one attached hydrogen (secondary N) is 1. The lowest BCUT2D eigenvalue weighted by Gasteiger charge is -2.26. The summed E-state index contributed by atoms with van der Waals surface area (Å²) in [6, 6.07) is 2.16. The van der Waals surface area contributed by atoms with E-state index in [1.54, 1.807) is 6.92 Å². The maximum atomic E-state index is 14.8. The normalized spacial score (nSPS) is 15.7. The summed E-state index contributed by atoms with van der Waals surface area (Å²) in [4.78, 5) is 32.0. The number of halogens is 2. The van der Waals surface area contributed by atoms with Crippen LogP contribution in [0.25, 0.3) is 0 Å². The lowest BCUT2D eigenvalue weighted by molar-refractivity contribution is -0.176. The maximum Gasteiger partial charge on any atom is 0.414 e. The van der Waals surface area contributed by atoms with Gasteiger partial charge in [-0.05, 0) is 6.92 Å². The van der Waals surface area contributed by atoms with Gasteiger partial charge in [0.05, 0.1) is 31.0 Å². The van der Waals surface area contributed by atoms with Crippen LogP contribution in [0.2, 0.25) is 0 Å². The highest BCUT2D eigenvalue weighted by atomic mass is 19.1. The van der Waals surface area contributed by atoms with Gasteiger partial charge in [-0.2, -0.15) is 0 Å². The van der Waals surface area contributed by atoms with Crippen LogP contribution in [-0.4, -0.2) is 78.4 Å². The molecule has 1 fully saturated rings. The lowest BCUT2D eigenvalue weighted by atomic mass is 10.2. The van der Waals surface area contributed by atoms with Crippen molar-refractivity contribution in [3.05, 3.63) is 35.7 Å². The van der Waals surface area contributed by atoms with Gasteiger partial charge in [0.2, 0.25) is 0 Å². The van der Waals surface area contributed by atoms with Gasteiger partial charge < -0.3 is 15.4 Å². The molecule has 1 aliphatic rings. The van der Waals surface area contributed by atoms with Crippen molar-refractivity contribution in [2.75, 3.05) is 49.6 Å². The molecule has 0 aliphatic carbocycles. The molecule has 3 rings (SSSR count). The number of aromatic amines is 1. The number of hydrogen-bond acceptors (Lipinski definition) is 8. The van der Waals surface area contributed by atoms with Gasteiger partial charge in [0.15, 0.2) is 11.6 Å². The van der Waals surface area contributed by atoms with Crippen LogP contribution < -0.4 is 15.5 Å². The molecule has 0 spiro atoms. The summed E-state index contributed by atoms with van der Waals surface area (Å²) in [5.74, 6) is -2.01. The molecule has 174 valence electrons. The lowest BCUT2D eigenvalue weighted by Crippen LogP contribution is -2.34. The first-order chi connectivity index (χ1) is 15.3. The highest BCUT2D eigenvalue weighted by Crippen LogP contribution is 2.30. The molecule has 11 nitrogen and oxygen atoms in total. The third-order valence-corrected chi connectivity index (χ3v) is 4.95. The Morgan fingerprint density at radius 2 is 2.12 bits per heavy atom. The highest BCUT2D eigenvalue weighted by molar-refractivity contribution is 5.90. The van der Waals surface area contributed by atoms with Crippen LogP contribution in [0.5, 0.6) is 0 Å². The van der Waals surface area contributed by atoms with Gasteiger partial charge in [-0.25, -0.2) is 18.6 Å². The Bertz CT molecular complexity index is 921. The molecule has 0 bridgehead atoms. The van der Waals surface area contributed by atoms with Crippen LogP contribution in [-0.2, 0) is 20.8 Å². The van der Waals surface area contributed by atoms with E-state index in [9.17, 15) is 18.4 Å². The first kappa shape index (κ1) is 23.3. The first-order valence-electron chi connectivity index (χ1n) is 10.0. The minimum absolute atomic E-state index is 0.000835. The number of hydroxylamine groups is 2. The maximum absolute atomic E-state index is 14.8. The Hall–Kier alpha value is -3.32. The van der Waals surface area contributed by atoms with Crippen LogP contribution in [0.1, 0.15) is 12.6 Å². The number of benzene rings is 1. The van der Waals surface area contributed by atoms with Gasteiger partial charge in [0.25, 0.3) is 5.91 Å². The zero-order valence-electron chi connectivity index (χ0n) is 17.8. The van der Waals surface area contributed by atoms with E-state index in [1.807, 2.05) is 0 Å². The standard InChI is InChI=1S/C19H25F2N7O4/c1-3-27(4-5-31-26(2)17(29)6-12-10-23-25-24-12)18-15(20)7-13(8-16(18)21)28-11-14(9-22)32-19(28)30/h7-8,10,14H,3-6,9,11,22H2,1-2H3,(H,23,24,25)/t14-/m0/s1. The number of nitrogens with two attached hydrogens (primary N) is 1. The number of carbonyl (C=O) groups excluding carboxylic acids is 2. The molecule has 1 aromatic carbocycles. The minimum Gasteiger partial charge on any atom is -0.443 e. The second kappa shape index (κ2) is 10.3. The van der Waals surface area contributed by atoms with Crippen LogP contribution in [0, 0.1) is 11.6 Å². The molecule has 0 radical (unpaired) electrons. The fourth-order valence-corrected chi connectivity index (χ4v) is 3.23. The molecule has 1 aromatic heterocycles. The van der Waals surface area contributed by atoms with Gasteiger partial charge >= 0.3 is 6.09 Å². The number of hydrogen-bond donors (Lipinski definition) is 2. The predicted octanol–water partition coefficient (Wildman–Crippen LogP) is 0.826. The molecule has 1 aliphatic heterocycles. The molecular formula is C19H25F2N7O4. The Labute approximate surface area is 183 Å². The van der Waals surface area contributed by atoms with Crippen LogP contribution in [0.3, 0.4) is 0 Å². The predicted molar refractivity (Wildman–Crippen MR) is 110 cm³/mol. The van der Waals surface area contributed by atoms with E-state index in [0.717, 1.165) is 22.1 Å². The molecular weight excluding hydrogens is 428 g/mol. The Kier molecular flexibility index (Phi) is 7.53. The number of nitrogens with zero attached hydrogens (tertiary/aromatic N) is 5. The van der Waals surface area contributed by atoms with E-state index < -0.39 is 23.8 Å². The van der Waals surface area contributed by atoms with E-state index in [0.29, 0.717) is 5.69 Å². The van der Waals surface area contributed by atoms with Crippen LogP contribution in [0.15, 0.2) is 18.3 Å². The molecule has 2 aromatic rings. The molecule has 32 heavy (non-hydrogen) atoms. The summed E-state index contributed by atoms with van der Waals surface area (Å²) in [5, 5.41) is 10.8. The number of rotatable bonds is 10.